The molecule has 118 valence electrons. The van der Waals surface area contributed by atoms with Gasteiger partial charge in [-0.25, -0.2) is 0 Å². The molecule has 1 amide bonds. The molecule has 0 aliphatic rings. The van der Waals surface area contributed by atoms with Crippen molar-refractivity contribution in [2.24, 2.45) is 0 Å². The van der Waals surface area contributed by atoms with Crippen molar-refractivity contribution in [2.45, 2.75) is 6.92 Å². The lowest BCUT2D eigenvalue weighted by Gasteiger charge is -2.21. The van der Waals surface area contributed by atoms with Crippen molar-refractivity contribution in [1.82, 2.24) is 0 Å². The Hall–Kier alpha value is -2.32. The van der Waals surface area contributed by atoms with Crippen molar-refractivity contribution < 1.29 is 4.79 Å². The van der Waals surface area contributed by atoms with Gasteiger partial charge in [-0.2, -0.15) is 0 Å². The molecule has 0 saturated carbocycles. The van der Waals surface area contributed by atoms with Crippen molar-refractivity contribution in [2.75, 3.05) is 11.9 Å². The number of carbonyl (C=O) groups excluding carboxylic acids is 1. The number of hydrogen-bond acceptors (Lipinski definition) is 1. The average molecular weight is 425 g/mol. The van der Waals surface area contributed by atoms with Crippen LogP contribution < -0.4 is 4.90 Å². The van der Waals surface area contributed by atoms with Crippen LogP contribution in [0.25, 0.3) is 10.8 Å². The maximum Gasteiger partial charge on any atom is 0.259 e. The Bertz CT molecular complexity index is 982. The maximum atomic E-state index is 12.9. The second-order valence-corrected chi connectivity index (χ2v) is 6.56. The van der Waals surface area contributed by atoms with Gasteiger partial charge in [0.25, 0.3) is 5.91 Å². The Labute approximate surface area is 155 Å². The van der Waals surface area contributed by atoms with E-state index in [1.165, 1.54) is 0 Å². The lowest BCUT2D eigenvalue weighted by Crippen LogP contribution is -2.27. The summed E-state index contributed by atoms with van der Waals surface area (Å²) in [4.78, 5) is 14.6. The highest BCUT2D eigenvalue weighted by Crippen LogP contribution is 2.29. The van der Waals surface area contributed by atoms with E-state index >= 15 is 0 Å². The first-order valence-corrected chi connectivity index (χ1v) is 8.68. The molecule has 0 heterocycles. The summed E-state index contributed by atoms with van der Waals surface area (Å²) in [6, 6.07) is 19.7. The van der Waals surface area contributed by atoms with Crippen molar-refractivity contribution in [3.63, 3.8) is 0 Å². The highest BCUT2D eigenvalue weighted by molar-refractivity contribution is 14.1. The van der Waals surface area contributed by atoms with Gasteiger partial charge in [0, 0.05) is 10.6 Å². The van der Waals surface area contributed by atoms with E-state index in [9.17, 15) is 4.79 Å². The lowest BCUT2D eigenvalue weighted by molar-refractivity contribution is 0.0992. The first kappa shape index (κ1) is 16.5. The van der Waals surface area contributed by atoms with Gasteiger partial charge < -0.3 is 4.90 Å². The summed E-state index contributed by atoms with van der Waals surface area (Å²) in [6.45, 7) is 1.81. The first-order valence-electron chi connectivity index (χ1n) is 7.60. The summed E-state index contributed by atoms with van der Waals surface area (Å²) < 4.78 is 0.941. The number of anilines is 1. The number of benzene rings is 3. The molecule has 0 aliphatic carbocycles. The zero-order valence-electron chi connectivity index (χ0n) is 13.5. The summed E-state index contributed by atoms with van der Waals surface area (Å²) >= 11 is 2.19. The lowest BCUT2D eigenvalue weighted by atomic mass is 10.0. The normalized spacial score (nSPS) is 10.1. The van der Waals surface area contributed by atoms with Crippen LogP contribution in [-0.4, -0.2) is 13.0 Å². The van der Waals surface area contributed by atoms with Crippen molar-refractivity contribution in [1.29, 1.82) is 0 Å². The van der Waals surface area contributed by atoms with E-state index < -0.39 is 0 Å². The minimum Gasteiger partial charge on any atom is -0.310 e. The highest BCUT2D eigenvalue weighted by Gasteiger charge is 2.19. The predicted octanol–water partition coefficient (Wildman–Crippen LogP) is 5.09. The number of hydrogen-bond donors (Lipinski definition) is 0. The van der Waals surface area contributed by atoms with Crippen molar-refractivity contribution in [3.8, 4) is 11.8 Å². The largest absolute Gasteiger partial charge is 0.310 e. The van der Waals surface area contributed by atoms with Gasteiger partial charge in [-0.05, 0) is 58.5 Å². The molecule has 3 rings (SSSR count). The van der Waals surface area contributed by atoms with Gasteiger partial charge in [-0.15, -0.1) is 5.92 Å². The molecule has 3 heteroatoms. The van der Waals surface area contributed by atoms with Crippen LogP contribution in [0.4, 0.5) is 5.69 Å². The monoisotopic (exact) mass is 425 g/mol. The Kier molecular flexibility index (Phi) is 4.86. The van der Waals surface area contributed by atoms with Gasteiger partial charge in [-0.1, -0.05) is 48.4 Å². The molecule has 0 N–H and O–H groups in total. The summed E-state index contributed by atoms with van der Waals surface area (Å²) in [7, 11) is 1.80. The van der Waals surface area contributed by atoms with Crippen LogP contribution in [0.15, 0.2) is 60.7 Å². The van der Waals surface area contributed by atoms with Crippen LogP contribution in [0.1, 0.15) is 22.8 Å². The zero-order chi connectivity index (χ0) is 17.1. The molecule has 0 fully saturated rings. The highest BCUT2D eigenvalue weighted by atomic mass is 127. The van der Waals surface area contributed by atoms with Crippen LogP contribution in [0.2, 0.25) is 0 Å². The Morgan fingerprint density at radius 3 is 2.46 bits per heavy atom. The van der Waals surface area contributed by atoms with Crippen LogP contribution >= 0.6 is 22.6 Å². The SMILES string of the molecule is CC#Cc1c(N(C)C(=O)c2ccccc2I)ccc2ccccc12. The number of amides is 1. The van der Waals surface area contributed by atoms with E-state index in [0.29, 0.717) is 5.56 Å². The summed E-state index contributed by atoms with van der Waals surface area (Å²) in [6.07, 6.45) is 0. The summed E-state index contributed by atoms with van der Waals surface area (Å²) in [5.41, 5.74) is 2.41. The van der Waals surface area contributed by atoms with Gasteiger partial charge >= 0.3 is 0 Å². The second-order valence-electron chi connectivity index (χ2n) is 5.40. The molecule has 0 saturated heterocycles. The zero-order valence-corrected chi connectivity index (χ0v) is 15.7. The molecule has 0 aromatic heterocycles. The molecule has 3 aromatic rings. The smallest absolute Gasteiger partial charge is 0.259 e. The summed E-state index contributed by atoms with van der Waals surface area (Å²) in [5, 5.41) is 2.18. The third kappa shape index (κ3) is 3.02. The van der Waals surface area contributed by atoms with E-state index in [1.807, 2.05) is 61.5 Å². The molecular weight excluding hydrogens is 409 g/mol. The average Bonchev–Trinajstić information content (AvgIpc) is 2.61. The number of nitrogens with zero attached hydrogens (tertiary/aromatic N) is 1. The number of carbonyl (C=O) groups is 1. The molecule has 24 heavy (non-hydrogen) atoms. The van der Waals surface area contributed by atoms with Crippen LogP contribution in [-0.2, 0) is 0 Å². The molecule has 0 radical (unpaired) electrons. The molecule has 3 aromatic carbocycles. The van der Waals surface area contributed by atoms with E-state index in [0.717, 1.165) is 25.6 Å². The van der Waals surface area contributed by atoms with E-state index in [2.05, 4.69) is 40.5 Å². The van der Waals surface area contributed by atoms with Crippen LogP contribution in [0, 0.1) is 15.4 Å². The van der Waals surface area contributed by atoms with Crippen LogP contribution in [0.3, 0.4) is 0 Å². The van der Waals surface area contributed by atoms with Crippen molar-refractivity contribution in [3.05, 3.63) is 75.4 Å². The van der Waals surface area contributed by atoms with Gasteiger partial charge in [-0.3, -0.25) is 4.79 Å². The maximum absolute atomic E-state index is 12.9. The van der Waals surface area contributed by atoms with Gasteiger partial charge in [0.15, 0.2) is 0 Å². The Morgan fingerprint density at radius 1 is 1.00 bits per heavy atom. The van der Waals surface area contributed by atoms with Gasteiger partial charge in [0.1, 0.15) is 0 Å². The van der Waals surface area contributed by atoms with E-state index in [-0.39, 0.29) is 5.91 Å². The van der Waals surface area contributed by atoms with Crippen molar-refractivity contribution >= 4 is 45.0 Å². The fraction of sp³-hybridized carbons (Fsp3) is 0.0952. The number of halogens is 1. The number of rotatable bonds is 2. The fourth-order valence-corrected chi connectivity index (χ4v) is 3.34. The second kappa shape index (κ2) is 7.06. The van der Waals surface area contributed by atoms with E-state index in [1.54, 1.807) is 11.9 Å². The van der Waals surface area contributed by atoms with E-state index in [4.69, 9.17) is 0 Å². The molecule has 2 nitrogen and oxygen atoms in total. The quantitative estimate of drug-likeness (QED) is 0.414. The molecule has 0 spiro atoms. The summed E-state index contributed by atoms with van der Waals surface area (Å²) in [5.74, 6) is 6.11. The molecule has 0 aliphatic heterocycles. The minimum absolute atomic E-state index is 0.0329. The molecular formula is C21H16INO. The van der Waals surface area contributed by atoms with Crippen LogP contribution in [0.5, 0.6) is 0 Å². The number of fused-ring (bicyclic) bond motifs is 1. The minimum atomic E-state index is -0.0329. The Balaban J connectivity index is 2.14. The molecule has 0 atom stereocenters. The molecule has 0 bridgehead atoms. The molecule has 0 unspecified atom stereocenters. The fourth-order valence-electron chi connectivity index (χ4n) is 2.72. The third-order valence-corrected chi connectivity index (χ3v) is 4.87. The standard InChI is InChI=1S/C21H16INO/c1-3-8-17-16-10-5-4-9-15(16)13-14-20(17)23(2)21(24)18-11-6-7-12-19(18)22/h4-7,9-14H,1-2H3. The Morgan fingerprint density at radius 2 is 1.71 bits per heavy atom. The van der Waals surface area contributed by atoms with Gasteiger partial charge in [0.2, 0.25) is 0 Å². The van der Waals surface area contributed by atoms with Gasteiger partial charge in [0.05, 0.1) is 16.8 Å². The first-order chi connectivity index (χ1) is 11.6. The predicted molar refractivity (Wildman–Crippen MR) is 108 cm³/mol. The third-order valence-electron chi connectivity index (χ3n) is 3.93. The topological polar surface area (TPSA) is 20.3 Å².